The molecule has 2 amide bonds. The second-order valence-electron chi connectivity index (χ2n) is 3.31. The molecular weight excluding hydrogens is 251 g/mol. The smallest absolute Gasteiger partial charge is 0.316 e. The van der Waals surface area contributed by atoms with Crippen LogP contribution in [0, 0.1) is 0 Å². The summed E-state index contributed by atoms with van der Waals surface area (Å²) in [6, 6.07) is 4.79. The van der Waals surface area contributed by atoms with E-state index >= 15 is 0 Å². The fraction of sp³-hybridized carbons (Fsp3) is 0.200. The van der Waals surface area contributed by atoms with E-state index < -0.39 is 11.8 Å². The van der Waals surface area contributed by atoms with Crippen molar-refractivity contribution in [3.63, 3.8) is 0 Å². The van der Waals surface area contributed by atoms with Crippen LogP contribution in [0.2, 0.25) is 10.0 Å². The van der Waals surface area contributed by atoms with Crippen LogP contribution in [0.15, 0.2) is 18.2 Å². The van der Waals surface area contributed by atoms with Crippen LogP contribution >= 0.6 is 23.2 Å². The van der Waals surface area contributed by atoms with Crippen molar-refractivity contribution in [2.75, 3.05) is 18.0 Å². The molecule has 84 valence electrons. The molecule has 1 N–H and O–H groups in total. The molecule has 2 rings (SSSR count). The minimum atomic E-state index is -0.614. The largest absolute Gasteiger partial charge is 0.346 e. The zero-order valence-electron chi connectivity index (χ0n) is 8.17. The Morgan fingerprint density at radius 3 is 2.69 bits per heavy atom. The lowest BCUT2D eigenvalue weighted by atomic mass is 10.2. The van der Waals surface area contributed by atoms with Crippen LogP contribution in [0.5, 0.6) is 0 Å². The van der Waals surface area contributed by atoms with E-state index in [1.807, 2.05) is 0 Å². The molecule has 0 atom stereocenters. The van der Waals surface area contributed by atoms with Crippen molar-refractivity contribution in [1.82, 2.24) is 5.32 Å². The third-order valence-electron chi connectivity index (χ3n) is 2.26. The first-order valence-corrected chi connectivity index (χ1v) is 5.40. The fourth-order valence-electron chi connectivity index (χ4n) is 1.51. The van der Waals surface area contributed by atoms with Gasteiger partial charge in [0.15, 0.2) is 0 Å². The monoisotopic (exact) mass is 258 g/mol. The topological polar surface area (TPSA) is 49.4 Å². The van der Waals surface area contributed by atoms with Gasteiger partial charge in [-0.15, -0.1) is 0 Å². The molecule has 1 aromatic rings. The van der Waals surface area contributed by atoms with Crippen LogP contribution in [-0.4, -0.2) is 24.9 Å². The molecule has 4 nitrogen and oxygen atoms in total. The third-order valence-corrected chi connectivity index (χ3v) is 2.80. The van der Waals surface area contributed by atoms with Gasteiger partial charge >= 0.3 is 11.8 Å². The zero-order valence-corrected chi connectivity index (χ0v) is 9.68. The molecule has 0 bridgehead atoms. The van der Waals surface area contributed by atoms with Crippen LogP contribution in [0.25, 0.3) is 0 Å². The third kappa shape index (κ3) is 1.99. The van der Waals surface area contributed by atoms with Gasteiger partial charge in [-0.1, -0.05) is 23.2 Å². The molecule has 0 aliphatic carbocycles. The molecule has 1 fully saturated rings. The van der Waals surface area contributed by atoms with E-state index in [2.05, 4.69) is 5.32 Å². The predicted molar refractivity (Wildman–Crippen MR) is 61.8 cm³/mol. The second-order valence-corrected chi connectivity index (χ2v) is 4.15. The number of piperazine rings is 1. The van der Waals surface area contributed by atoms with Crippen molar-refractivity contribution in [1.29, 1.82) is 0 Å². The molecule has 16 heavy (non-hydrogen) atoms. The fourth-order valence-corrected chi connectivity index (χ4v) is 2.02. The van der Waals surface area contributed by atoms with Crippen LogP contribution in [0.4, 0.5) is 5.69 Å². The standard InChI is InChI=1S/C10H8Cl2N2O2/c11-6-1-2-8(7(12)5-6)14-4-3-13-9(15)10(14)16/h1-2,5H,3-4H2,(H,13,15). The number of rotatable bonds is 1. The number of nitrogens with zero attached hydrogens (tertiary/aromatic N) is 1. The molecule has 0 aromatic heterocycles. The molecule has 0 radical (unpaired) electrons. The quantitative estimate of drug-likeness (QED) is 0.776. The lowest BCUT2D eigenvalue weighted by Gasteiger charge is -2.27. The number of nitrogens with one attached hydrogen (secondary N) is 1. The highest BCUT2D eigenvalue weighted by Gasteiger charge is 2.28. The maximum atomic E-state index is 11.6. The Bertz CT molecular complexity index is 462. The molecule has 0 saturated carbocycles. The number of hydrogen-bond acceptors (Lipinski definition) is 2. The Morgan fingerprint density at radius 1 is 1.25 bits per heavy atom. The molecule has 1 aliphatic heterocycles. The van der Waals surface area contributed by atoms with Gasteiger partial charge in [-0.05, 0) is 18.2 Å². The average molecular weight is 259 g/mol. The Kier molecular flexibility index (Phi) is 3.03. The molecule has 1 aliphatic rings. The van der Waals surface area contributed by atoms with E-state index in [-0.39, 0.29) is 0 Å². The van der Waals surface area contributed by atoms with Crippen molar-refractivity contribution in [2.24, 2.45) is 0 Å². The van der Waals surface area contributed by atoms with Gasteiger partial charge in [-0.3, -0.25) is 9.59 Å². The highest BCUT2D eigenvalue weighted by molar-refractivity contribution is 6.43. The van der Waals surface area contributed by atoms with Gasteiger partial charge in [0.1, 0.15) is 0 Å². The van der Waals surface area contributed by atoms with Crippen LogP contribution in [0.1, 0.15) is 0 Å². The lowest BCUT2D eigenvalue weighted by molar-refractivity contribution is -0.138. The first-order valence-electron chi connectivity index (χ1n) is 4.64. The van der Waals surface area contributed by atoms with Gasteiger partial charge in [0.25, 0.3) is 0 Å². The number of benzene rings is 1. The molecular formula is C10H8Cl2N2O2. The van der Waals surface area contributed by atoms with E-state index in [4.69, 9.17) is 23.2 Å². The minimum Gasteiger partial charge on any atom is -0.346 e. The molecule has 0 unspecified atom stereocenters. The van der Waals surface area contributed by atoms with Crippen molar-refractivity contribution in [2.45, 2.75) is 0 Å². The first kappa shape index (κ1) is 11.2. The second kappa shape index (κ2) is 4.31. The SMILES string of the molecule is O=C1NCCN(c2ccc(Cl)cc2Cl)C1=O. The van der Waals surface area contributed by atoms with Crippen LogP contribution < -0.4 is 10.2 Å². The van der Waals surface area contributed by atoms with E-state index in [0.29, 0.717) is 28.8 Å². The van der Waals surface area contributed by atoms with Crippen molar-refractivity contribution in [3.8, 4) is 0 Å². The first-order chi connectivity index (χ1) is 7.59. The van der Waals surface area contributed by atoms with Gasteiger partial charge in [0.2, 0.25) is 0 Å². The van der Waals surface area contributed by atoms with Gasteiger partial charge in [-0.25, -0.2) is 0 Å². The molecule has 6 heteroatoms. The summed E-state index contributed by atoms with van der Waals surface area (Å²) in [6.45, 7) is 0.829. The van der Waals surface area contributed by atoms with E-state index in [1.165, 1.54) is 11.0 Å². The summed E-state index contributed by atoms with van der Waals surface area (Å²) >= 11 is 11.7. The van der Waals surface area contributed by atoms with Gasteiger partial charge < -0.3 is 10.2 Å². The summed E-state index contributed by atoms with van der Waals surface area (Å²) in [7, 11) is 0. The van der Waals surface area contributed by atoms with Gasteiger partial charge in [0.05, 0.1) is 10.7 Å². The summed E-state index contributed by atoms with van der Waals surface area (Å²) in [5, 5.41) is 3.31. The van der Waals surface area contributed by atoms with Crippen LogP contribution in [0.3, 0.4) is 0 Å². The Labute approximate surface area is 102 Å². The number of hydrogen-bond donors (Lipinski definition) is 1. The number of anilines is 1. The number of carbonyl (C=O) groups is 2. The van der Waals surface area contributed by atoms with E-state index in [9.17, 15) is 9.59 Å². The Balaban J connectivity index is 2.36. The zero-order chi connectivity index (χ0) is 11.7. The lowest BCUT2D eigenvalue weighted by Crippen LogP contribution is -2.52. The van der Waals surface area contributed by atoms with Crippen molar-refractivity contribution < 1.29 is 9.59 Å². The van der Waals surface area contributed by atoms with Crippen LogP contribution in [-0.2, 0) is 9.59 Å². The summed E-state index contributed by atoms with van der Waals surface area (Å²) in [5.41, 5.74) is 0.505. The summed E-state index contributed by atoms with van der Waals surface area (Å²) in [6.07, 6.45) is 0. The minimum absolute atomic E-state index is 0.357. The molecule has 0 spiro atoms. The van der Waals surface area contributed by atoms with E-state index in [0.717, 1.165) is 0 Å². The van der Waals surface area contributed by atoms with Gasteiger partial charge in [-0.2, -0.15) is 0 Å². The number of amides is 2. The van der Waals surface area contributed by atoms with Gasteiger partial charge in [0, 0.05) is 18.1 Å². The Morgan fingerprint density at radius 2 is 2.00 bits per heavy atom. The summed E-state index contributed by atoms with van der Waals surface area (Å²) in [4.78, 5) is 24.1. The predicted octanol–water partition coefficient (Wildman–Crippen LogP) is 1.46. The maximum Gasteiger partial charge on any atom is 0.316 e. The summed E-state index contributed by atoms with van der Waals surface area (Å²) < 4.78 is 0. The highest BCUT2D eigenvalue weighted by atomic mass is 35.5. The summed E-state index contributed by atoms with van der Waals surface area (Å²) in [5.74, 6) is -1.22. The maximum absolute atomic E-state index is 11.6. The number of halogens is 2. The molecule has 1 saturated heterocycles. The van der Waals surface area contributed by atoms with Crippen molar-refractivity contribution in [3.05, 3.63) is 28.2 Å². The molecule has 1 aromatic carbocycles. The highest BCUT2D eigenvalue weighted by Crippen LogP contribution is 2.29. The normalized spacial score (nSPS) is 16.2. The van der Waals surface area contributed by atoms with E-state index in [1.54, 1.807) is 12.1 Å². The Hall–Kier alpha value is -1.26. The number of carbonyl (C=O) groups excluding carboxylic acids is 2. The average Bonchev–Trinajstić information content (AvgIpc) is 2.23. The molecule has 1 heterocycles. The van der Waals surface area contributed by atoms with Crippen molar-refractivity contribution >= 4 is 40.7 Å².